The highest BCUT2D eigenvalue weighted by molar-refractivity contribution is 7.80. The van der Waals surface area contributed by atoms with E-state index in [4.69, 9.17) is 17.0 Å². The molecule has 1 aromatic carbocycles. The molecule has 4 nitrogen and oxygen atoms in total. The topological polar surface area (TPSA) is 41.6 Å². The number of carbonyl (C=O) groups excluding carboxylic acids is 1. The lowest BCUT2D eigenvalue weighted by Crippen LogP contribution is -2.44. The summed E-state index contributed by atoms with van der Waals surface area (Å²) >= 11 is 5.26. The lowest BCUT2D eigenvalue weighted by molar-refractivity contribution is -0.115. The van der Waals surface area contributed by atoms with Crippen molar-refractivity contribution in [3.8, 4) is 5.75 Å². The number of rotatable bonds is 3. The van der Waals surface area contributed by atoms with Crippen molar-refractivity contribution in [3.63, 3.8) is 0 Å². The Bertz CT molecular complexity index is 520. The van der Waals surface area contributed by atoms with Gasteiger partial charge >= 0.3 is 0 Å². The average Bonchev–Trinajstić information content (AvgIpc) is 2.54. The lowest BCUT2D eigenvalue weighted by atomic mass is 10.1. The first kappa shape index (κ1) is 15.5. The van der Waals surface area contributed by atoms with E-state index in [0.717, 1.165) is 37.2 Å². The van der Waals surface area contributed by atoms with Crippen molar-refractivity contribution in [1.82, 2.24) is 10.2 Å². The molecule has 0 aliphatic carbocycles. The van der Waals surface area contributed by atoms with Crippen LogP contribution < -0.4 is 10.1 Å². The Kier molecular flexibility index (Phi) is 5.75. The predicted molar refractivity (Wildman–Crippen MR) is 88.2 cm³/mol. The SMILES string of the molecule is COc1ccc(C=CC(=O)NC(=S)N2CCCCC2)cc1. The maximum Gasteiger partial charge on any atom is 0.250 e. The van der Waals surface area contributed by atoms with Crippen molar-refractivity contribution in [2.75, 3.05) is 20.2 Å². The molecule has 0 unspecified atom stereocenters. The maximum absolute atomic E-state index is 11.9. The Morgan fingerprint density at radius 1 is 1.24 bits per heavy atom. The fourth-order valence-electron chi connectivity index (χ4n) is 2.21. The van der Waals surface area contributed by atoms with Crippen molar-refractivity contribution in [1.29, 1.82) is 0 Å². The highest BCUT2D eigenvalue weighted by Gasteiger charge is 2.14. The molecule has 1 saturated heterocycles. The standard InChI is InChI=1S/C16H20N2O2S/c1-20-14-8-5-13(6-9-14)7-10-15(19)17-16(21)18-11-3-2-4-12-18/h5-10H,2-4,11-12H2,1H3,(H,17,19,21). The number of thiocarbonyl (C=S) groups is 1. The van der Waals surface area contributed by atoms with Crippen molar-refractivity contribution >= 4 is 29.3 Å². The van der Waals surface area contributed by atoms with Crippen LogP contribution in [0.2, 0.25) is 0 Å². The second-order valence-electron chi connectivity index (χ2n) is 4.95. The van der Waals surface area contributed by atoms with Crippen LogP contribution in [0.4, 0.5) is 0 Å². The number of hydrogen-bond donors (Lipinski definition) is 1. The Hall–Kier alpha value is -1.88. The highest BCUT2D eigenvalue weighted by atomic mass is 32.1. The molecule has 2 rings (SSSR count). The first-order chi connectivity index (χ1) is 10.2. The first-order valence-corrected chi connectivity index (χ1v) is 7.52. The average molecular weight is 304 g/mol. The summed E-state index contributed by atoms with van der Waals surface area (Å²) in [4.78, 5) is 13.9. The number of nitrogens with one attached hydrogen (secondary N) is 1. The monoisotopic (exact) mass is 304 g/mol. The van der Waals surface area contributed by atoms with Crippen molar-refractivity contribution in [3.05, 3.63) is 35.9 Å². The predicted octanol–water partition coefficient (Wildman–Crippen LogP) is 2.60. The number of carbonyl (C=O) groups is 1. The summed E-state index contributed by atoms with van der Waals surface area (Å²) in [6, 6.07) is 7.50. The Labute approximate surface area is 130 Å². The van der Waals surface area contributed by atoms with Gasteiger partial charge in [-0.15, -0.1) is 0 Å². The van der Waals surface area contributed by atoms with E-state index in [1.54, 1.807) is 13.2 Å². The molecule has 0 aromatic heterocycles. The minimum atomic E-state index is -0.193. The number of likely N-dealkylation sites (tertiary alicyclic amines) is 1. The molecule has 1 N–H and O–H groups in total. The molecule has 0 radical (unpaired) electrons. The zero-order valence-electron chi connectivity index (χ0n) is 12.2. The number of amides is 1. The largest absolute Gasteiger partial charge is 0.497 e. The van der Waals surface area contributed by atoms with Gasteiger partial charge in [0.2, 0.25) is 5.91 Å². The van der Waals surface area contributed by atoms with E-state index in [1.807, 2.05) is 24.3 Å². The summed E-state index contributed by atoms with van der Waals surface area (Å²) in [7, 11) is 1.62. The molecule has 0 saturated carbocycles. The summed E-state index contributed by atoms with van der Waals surface area (Å²) in [5.41, 5.74) is 0.940. The zero-order chi connectivity index (χ0) is 15.1. The van der Waals surface area contributed by atoms with E-state index in [2.05, 4.69) is 10.2 Å². The summed E-state index contributed by atoms with van der Waals surface area (Å²) < 4.78 is 5.09. The van der Waals surface area contributed by atoms with Gasteiger partial charge in [0.05, 0.1) is 7.11 Å². The molecular formula is C16H20N2O2S. The van der Waals surface area contributed by atoms with Crippen molar-refractivity contribution in [2.24, 2.45) is 0 Å². The molecule has 21 heavy (non-hydrogen) atoms. The zero-order valence-corrected chi connectivity index (χ0v) is 13.0. The van der Waals surface area contributed by atoms with E-state index in [1.165, 1.54) is 12.5 Å². The Morgan fingerprint density at radius 3 is 2.52 bits per heavy atom. The minimum absolute atomic E-state index is 0.193. The number of ether oxygens (including phenoxy) is 1. The third kappa shape index (κ3) is 4.86. The molecule has 1 heterocycles. The van der Waals surface area contributed by atoms with Gasteiger partial charge in [0, 0.05) is 19.2 Å². The van der Waals surface area contributed by atoms with Crippen LogP contribution in [0.1, 0.15) is 24.8 Å². The molecule has 1 amide bonds. The quantitative estimate of drug-likeness (QED) is 0.688. The van der Waals surface area contributed by atoms with Crippen LogP contribution in [0.15, 0.2) is 30.3 Å². The number of methoxy groups -OCH3 is 1. The summed E-state index contributed by atoms with van der Waals surface area (Å²) in [6.07, 6.45) is 6.77. The van der Waals surface area contributed by atoms with Crippen LogP contribution in [-0.4, -0.2) is 36.1 Å². The third-order valence-electron chi connectivity index (χ3n) is 3.42. The van der Waals surface area contributed by atoms with Crippen molar-refractivity contribution < 1.29 is 9.53 Å². The summed E-state index contributed by atoms with van der Waals surface area (Å²) in [5, 5.41) is 3.28. The van der Waals surface area contributed by atoms with Gasteiger partial charge in [0.25, 0.3) is 0 Å². The van der Waals surface area contributed by atoms with Crippen LogP contribution in [0.5, 0.6) is 5.75 Å². The van der Waals surface area contributed by atoms with Crippen LogP contribution >= 0.6 is 12.2 Å². The molecule has 1 fully saturated rings. The van der Waals surface area contributed by atoms with Crippen LogP contribution in [0, 0.1) is 0 Å². The van der Waals surface area contributed by atoms with E-state index in [-0.39, 0.29) is 5.91 Å². The Balaban J connectivity index is 1.85. The van der Waals surface area contributed by atoms with E-state index < -0.39 is 0 Å². The van der Waals surface area contributed by atoms with Gasteiger partial charge in [-0.25, -0.2) is 0 Å². The van der Waals surface area contributed by atoms with Crippen LogP contribution in [0.25, 0.3) is 6.08 Å². The van der Waals surface area contributed by atoms with Gasteiger partial charge in [-0.1, -0.05) is 12.1 Å². The smallest absolute Gasteiger partial charge is 0.250 e. The summed E-state index contributed by atoms with van der Waals surface area (Å²) in [5.74, 6) is 0.601. The van der Waals surface area contributed by atoms with E-state index >= 15 is 0 Å². The maximum atomic E-state index is 11.9. The fraction of sp³-hybridized carbons (Fsp3) is 0.375. The molecule has 5 heteroatoms. The molecular weight excluding hydrogens is 284 g/mol. The molecule has 0 atom stereocenters. The summed E-state index contributed by atoms with van der Waals surface area (Å²) in [6.45, 7) is 1.86. The second kappa shape index (κ2) is 7.78. The van der Waals surface area contributed by atoms with Gasteiger partial charge < -0.3 is 9.64 Å². The highest BCUT2D eigenvalue weighted by Crippen LogP contribution is 2.12. The molecule has 0 spiro atoms. The number of benzene rings is 1. The first-order valence-electron chi connectivity index (χ1n) is 7.11. The minimum Gasteiger partial charge on any atom is -0.497 e. The Morgan fingerprint density at radius 2 is 1.90 bits per heavy atom. The van der Waals surface area contributed by atoms with Crippen molar-refractivity contribution in [2.45, 2.75) is 19.3 Å². The molecule has 1 aromatic rings. The molecule has 112 valence electrons. The molecule has 1 aliphatic heterocycles. The van der Waals surface area contributed by atoms with Gasteiger partial charge in [0.15, 0.2) is 5.11 Å². The van der Waals surface area contributed by atoms with Crippen LogP contribution in [0.3, 0.4) is 0 Å². The molecule has 0 bridgehead atoms. The second-order valence-corrected chi connectivity index (χ2v) is 5.34. The van der Waals surface area contributed by atoms with E-state index in [9.17, 15) is 4.79 Å². The molecule has 1 aliphatic rings. The van der Waals surface area contributed by atoms with Gasteiger partial charge in [-0.3, -0.25) is 10.1 Å². The van der Waals surface area contributed by atoms with Gasteiger partial charge in [-0.05, 0) is 55.3 Å². The van der Waals surface area contributed by atoms with Gasteiger partial charge in [-0.2, -0.15) is 0 Å². The number of nitrogens with zero attached hydrogens (tertiary/aromatic N) is 1. The van der Waals surface area contributed by atoms with Gasteiger partial charge in [0.1, 0.15) is 5.75 Å². The van der Waals surface area contributed by atoms with Crippen LogP contribution in [-0.2, 0) is 4.79 Å². The normalized spacial score (nSPS) is 15.0. The number of piperidine rings is 1. The fourth-order valence-corrected chi connectivity index (χ4v) is 2.49. The number of hydrogen-bond acceptors (Lipinski definition) is 3. The van der Waals surface area contributed by atoms with E-state index in [0.29, 0.717) is 5.11 Å². The third-order valence-corrected chi connectivity index (χ3v) is 3.78. The lowest BCUT2D eigenvalue weighted by Gasteiger charge is -2.28.